The molecule has 1 fully saturated rings. The fourth-order valence-corrected chi connectivity index (χ4v) is 3.72. The van der Waals surface area contributed by atoms with E-state index in [0.29, 0.717) is 24.7 Å². The lowest BCUT2D eigenvalue weighted by atomic mass is 9.89. The quantitative estimate of drug-likeness (QED) is 0.208. The molecule has 140 valence electrons. The second-order valence-corrected chi connectivity index (χ2v) is 7.22. The van der Waals surface area contributed by atoms with E-state index in [-0.39, 0.29) is 12.5 Å². The van der Waals surface area contributed by atoms with Gasteiger partial charge in [0.2, 0.25) is 0 Å². The number of hydrogen-bond donors (Lipinski definition) is 2. The molecule has 0 bridgehead atoms. The van der Waals surface area contributed by atoms with Gasteiger partial charge in [-0.1, -0.05) is 44.8 Å². The maximum absolute atomic E-state index is 10.8. The molecule has 0 radical (unpaired) electrons. The van der Waals surface area contributed by atoms with E-state index in [0.717, 1.165) is 12.8 Å². The van der Waals surface area contributed by atoms with Crippen LogP contribution in [0.3, 0.4) is 0 Å². The maximum atomic E-state index is 10.8. The van der Waals surface area contributed by atoms with Gasteiger partial charge in [0.25, 0.3) is 0 Å². The van der Waals surface area contributed by atoms with Crippen LogP contribution in [0.1, 0.15) is 90.4 Å². The molecule has 2 N–H and O–H groups in total. The molecule has 0 amide bonds. The molecular formula is C20H36O4. The fraction of sp³-hybridized carbons (Fsp3) is 0.850. The van der Waals surface area contributed by atoms with Crippen LogP contribution in [-0.4, -0.2) is 22.4 Å². The molecule has 0 aliphatic heterocycles. The van der Waals surface area contributed by atoms with Crippen molar-refractivity contribution in [2.45, 2.75) is 96.5 Å². The second-order valence-electron chi connectivity index (χ2n) is 7.22. The topological polar surface area (TPSA) is 66.8 Å². The molecule has 0 aromatic heterocycles. The Morgan fingerprint density at radius 2 is 2.04 bits per heavy atom. The summed E-state index contributed by atoms with van der Waals surface area (Å²) in [6.07, 6.45) is 18.0. The molecule has 3 atom stereocenters. The van der Waals surface area contributed by atoms with Crippen molar-refractivity contribution >= 4 is 5.97 Å². The first-order valence-electron chi connectivity index (χ1n) is 9.86. The van der Waals surface area contributed by atoms with Gasteiger partial charge in [-0.25, -0.2) is 4.79 Å². The summed E-state index contributed by atoms with van der Waals surface area (Å²) in [5, 5.41) is 18.2. The van der Waals surface area contributed by atoms with E-state index in [1.54, 1.807) is 0 Å². The number of carbonyl (C=O) groups is 1. The van der Waals surface area contributed by atoms with Crippen molar-refractivity contribution in [1.82, 2.24) is 0 Å². The lowest BCUT2D eigenvalue weighted by Crippen LogP contribution is -2.13. The summed E-state index contributed by atoms with van der Waals surface area (Å²) >= 11 is 0. The Balaban J connectivity index is 2.16. The Morgan fingerprint density at radius 1 is 1.21 bits per heavy atom. The third-order valence-corrected chi connectivity index (χ3v) is 5.22. The van der Waals surface area contributed by atoms with Crippen molar-refractivity contribution in [2.75, 3.05) is 0 Å². The highest BCUT2D eigenvalue weighted by Crippen LogP contribution is 2.36. The minimum Gasteiger partial charge on any atom is -0.393 e. The largest absolute Gasteiger partial charge is 0.393 e. The summed E-state index contributed by atoms with van der Waals surface area (Å²) in [6, 6.07) is 0. The van der Waals surface area contributed by atoms with Crippen LogP contribution in [-0.2, 0) is 9.68 Å². The van der Waals surface area contributed by atoms with Crippen LogP contribution in [0.25, 0.3) is 0 Å². The Morgan fingerprint density at radius 3 is 2.79 bits per heavy atom. The van der Waals surface area contributed by atoms with E-state index in [1.807, 2.05) is 0 Å². The van der Waals surface area contributed by atoms with Gasteiger partial charge in [0.1, 0.15) is 0 Å². The Kier molecular flexibility index (Phi) is 11.8. The highest BCUT2D eigenvalue weighted by Gasteiger charge is 2.25. The van der Waals surface area contributed by atoms with Crippen molar-refractivity contribution < 1.29 is 20.0 Å². The standard InChI is InChI=1S/C20H36O4/c1-2-3-4-5-6-7-10-17-11-8-12-18(17)15-16-19(21)13-9-14-20(22)24-23/h7,10,17-19,21,23H,2-6,8-9,11-16H2,1H3/b10-7+/t17-,18+,19?/m0/s1. The molecule has 4 nitrogen and oxygen atoms in total. The molecule has 4 heteroatoms. The Hall–Kier alpha value is -0.870. The van der Waals surface area contributed by atoms with Gasteiger partial charge in [-0.2, -0.15) is 5.26 Å². The van der Waals surface area contributed by atoms with Crippen LogP contribution in [0.2, 0.25) is 0 Å². The number of aliphatic hydroxyl groups is 1. The van der Waals surface area contributed by atoms with Gasteiger partial charge in [0, 0.05) is 6.42 Å². The van der Waals surface area contributed by atoms with Crippen LogP contribution in [0.4, 0.5) is 0 Å². The van der Waals surface area contributed by atoms with Gasteiger partial charge in [-0.3, -0.25) is 0 Å². The van der Waals surface area contributed by atoms with Crippen molar-refractivity contribution in [2.24, 2.45) is 11.8 Å². The predicted molar refractivity (Wildman–Crippen MR) is 96.5 cm³/mol. The molecule has 1 saturated carbocycles. The first kappa shape index (κ1) is 21.2. The summed E-state index contributed by atoms with van der Waals surface area (Å²) < 4.78 is 0. The molecule has 1 unspecified atom stereocenters. The van der Waals surface area contributed by atoms with E-state index in [4.69, 9.17) is 5.26 Å². The van der Waals surface area contributed by atoms with E-state index in [1.165, 1.54) is 51.4 Å². The van der Waals surface area contributed by atoms with Gasteiger partial charge < -0.3 is 9.99 Å². The zero-order chi connectivity index (χ0) is 17.6. The molecule has 0 saturated heterocycles. The molecule has 1 rings (SSSR count). The summed E-state index contributed by atoms with van der Waals surface area (Å²) in [6.45, 7) is 2.24. The van der Waals surface area contributed by atoms with E-state index in [2.05, 4.69) is 24.0 Å². The first-order chi connectivity index (χ1) is 11.7. The molecule has 0 spiro atoms. The van der Waals surface area contributed by atoms with Crippen LogP contribution in [0, 0.1) is 11.8 Å². The third kappa shape index (κ3) is 9.43. The summed E-state index contributed by atoms with van der Waals surface area (Å²) in [5.74, 6) is 0.767. The van der Waals surface area contributed by atoms with Gasteiger partial charge in [-0.05, 0) is 63.2 Å². The minimum absolute atomic E-state index is 0.167. The summed E-state index contributed by atoms with van der Waals surface area (Å²) in [4.78, 5) is 14.5. The normalized spacial score (nSPS) is 22.1. The maximum Gasteiger partial charge on any atom is 0.342 e. The van der Waals surface area contributed by atoms with Gasteiger partial charge in [0.15, 0.2) is 0 Å². The number of hydrogen-bond acceptors (Lipinski definition) is 4. The average molecular weight is 341 g/mol. The van der Waals surface area contributed by atoms with Gasteiger partial charge in [0.05, 0.1) is 6.10 Å². The SMILES string of the molecule is CCCCCC/C=C/[C@H]1CCC[C@@H]1CCC(O)CCCC(=O)OO. The van der Waals surface area contributed by atoms with Crippen LogP contribution >= 0.6 is 0 Å². The monoisotopic (exact) mass is 340 g/mol. The van der Waals surface area contributed by atoms with Crippen molar-refractivity contribution in [3.8, 4) is 0 Å². The molecule has 0 heterocycles. The average Bonchev–Trinajstić information content (AvgIpc) is 3.03. The number of rotatable bonds is 13. The van der Waals surface area contributed by atoms with Crippen molar-refractivity contribution in [3.05, 3.63) is 12.2 Å². The van der Waals surface area contributed by atoms with Crippen LogP contribution in [0.5, 0.6) is 0 Å². The Labute approximate surface area is 147 Å². The highest BCUT2D eigenvalue weighted by molar-refractivity contribution is 5.68. The van der Waals surface area contributed by atoms with Gasteiger partial charge in [-0.15, -0.1) is 0 Å². The van der Waals surface area contributed by atoms with Crippen LogP contribution < -0.4 is 0 Å². The smallest absolute Gasteiger partial charge is 0.342 e. The first-order valence-corrected chi connectivity index (χ1v) is 9.86. The van der Waals surface area contributed by atoms with Crippen molar-refractivity contribution in [3.63, 3.8) is 0 Å². The molecule has 1 aliphatic carbocycles. The minimum atomic E-state index is -0.623. The number of carbonyl (C=O) groups excluding carboxylic acids is 1. The highest BCUT2D eigenvalue weighted by atomic mass is 17.1. The molecule has 1 aliphatic rings. The summed E-state index contributed by atoms with van der Waals surface area (Å²) in [7, 11) is 0. The number of allylic oxidation sites excluding steroid dienone is 2. The fourth-order valence-electron chi connectivity index (χ4n) is 3.72. The predicted octanol–water partition coefficient (Wildman–Crippen LogP) is 5.26. The van der Waals surface area contributed by atoms with E-state index >= 15 is 0 Å². The lowest BCUT2D eigenvalue weighted by Gasteiger charge is -2.18. The number of aliphatic hydroxyl groups excluding tert-OH is 1. The molecule has 0 aromatic carbocycles. The van der Waals surface area contributed by atoms with E-state index < -0.39 is 5.97 Å². The zero-order valence-corrected chi connectivity index (χ0v) is 15.3. The Bertz CT molecular complexity index is 354. The van der Waals surface area contributed by atoms with E-state index in [9.17, 15) is 9.90 Å². The second kappa shape index (κ2) is 13.4. The molecule has 0 aromatic rings. The van der Waals surface area contributed by atoms with Gasteiger partial charge >= 0.3 is 5.97 Å². The lowest BCUT2D eigenvalue weighted by molar-refractivity contribution is -0.234. The zero-order valence-electron chi connectivity index (χ0n) is 15.3. The molecular weight excluding hydrogens is 304 g/mol. The summed E-state index contributed by atoms with van der Waals surface area (Å²) in [5.41, 5.74) is 0. The van der Waals surface area contributed by atoms with Crippen LogP contribution in [0.15, 0.2) is 12.2 Å². The molecule has 24 heavy (non-hydrogen) atoms. The van der Waals surface area contributed by atoms with Crippen molar-refractivity contribution in [1.29, 1.82) is 0 Å². The number of unbranched alkanes of at least 4 members (excludes halogenated alkanes) is 4. The third-order valence-electron chi connectivity index (χ3n) is 5.22.